The molecule has 0 unspecified atom stereocenters. The van der Waals surface area contributed by atoms with Gasteiger partial charge in [0.2, 0.25) is 5.91 Å². The number of amides is 1. The standard InChI is InChI=1S/C16H15Cl2NOS/c1-11-6-7-13(8-15(11)18)19-16(20)10-21-9-12-4-2-3-5-14(12)17/h2-8H,9-10H2,1H3,(H,19,20). The second kappa shape index (κ2) is 7.74. The van der Waals surface area contributed by atoms with Crippen LogP contribution in [0.25, 0.3) is 0 Å². The van der Waals surface area contributed by atoms with Gasteiger partial charge in [-0.3, -0.25) is 4.79 Å². The second-order valence-electron chi connectivity index (χ2n) is 4.60. The average Bonchev–Trinajstić information content (AvgIpc) is 2.45. The predicted octanol–water partition coefficient (Wildman–Crippen LogP) is 5.17. The van der Waals surface area contributed by atoms with E-state index >= 15 is 0 Å². The minimum Gasteiger partial charge on any atom is -0.325 e. The molecule has 2 rings (SSSR count). The average molecular weight is 340 g/mol. The maximum absolute atomic E-state index is 11.9. The molecule has 0 radical (unpaired) electrons. The van der Waals surface area contributed by atoms with E-state index in [4.69, 9.17) is 23.2 Å². The van der Waals surface area contributed by atoms with Crippen LogP contribution in [0.4, 0.5) is 5.69 Å². The number of anilines is 1. The lowest BCUT2D eigenvalue weighted by molar-refractivity contribution is -0.113. The number of hydrogen-bond donors (Lipinski definition) is 1. The van der Waals surface area contributed by atoms with Crippen molar-refractivity contribution < 1.29 is 4.79 Å². The number of thioether (sulfide) groups is 1. The van der Waals surface area contributed by atoms with Crippen LogP contribution in [0.15, 0.2) is 42.5 Å². The van der Waals surface area contributed by atoms with Gasteiger partial charge >= 0.3 is 0 Å². The Kier molecular flexibility index (Phi) is 5.97. The summed E-state index contributed by atoms with van der Waals surface area (Å²) in [6.45, 7) is 1.92. The van der Waals surface area contributed by atoms with Crippen LogP contribution in [-0.4, -0.2) is 11.7 Å². The smallest absolute Gasteiger partial charge is 0.234 e. The van der Waals surface area contributed by atoms with Crippen LogP contribution in [-0.2, 0) is 10.5 Å². The first kappa shape index (κ1) is 16.2. The van der Waals surface area contributed by atoms with Gasteiger partial charge in [0.05, 0.1) is 5.75 Å². The Morgan fingerprint density at radius 3 is 2.62 bits per heavy atom. The number of carbonyl (C=O) groups is 1. The topological polar surface area (TPSA) is 29.1 Å². The first-order valence-corrected chi connectivity index (χ1v) is 8.34. The molecule has 110 valence electrons. The Morgan fingerprint density at radius 2 is 1.90 bits per heavy atom. The Hall–Kier alpha value is -1.16. The molecule has 0 aliphatic carbocycles. The largest absolute Gasteiger partial charge is 0.325 e. The summed E-state index contributed by atoms with van der Waals surface area (Å²) in [6.07, 6.45) is 0. The van der Waals surface area contributed by atoms with Crippen LogP contribution in [0.3, 0.4) is 0 Å². The lowest BCUT2D eigenvalue weighted by Gasteiger charge is -2.07. The quantitative estimate of drug-likeness (QED) is 0.813. The second-order valence-corrected chi connectivity index (χ2v) is 6.40. The molecule has 0 fully saturated rings. The first-order valence-electron chi connectivity index (χ1n) is 6.43. The van der Waals surface area contributed by atoms with Crippen LogP contribution < -0.4 is 5.32 Å². The van der Waals surface area contributed by atoms with E-state index in [-0.39, 0.29) is 5.91 Å². The maximum atomic E-state index is 11.9. The van der Waals surface area contributed by atoms with Crippen molar-refractivity contribution in [3.8, 4) is 0 Å². The van der Waals surface area contributed by atoms with Gasteiger partial charge < -0.3 is 5.32 Å². The third-order valence-electron chi connectivity index (χ3n) is 2.90. The fourth-order valence-electron chi connectivity index (χ4n) is 1.74. The van der Waals surface area contributed by atoms with Crippen LogP contribution in [0.1, 0.15) is 11.1 Å². The molecule has 5 heteroatoms. The predicted molar refractivity (Wildman–Crippen MR) is 92.4 cm³/mol. The van der Waals surface area contributed by atoms with Gasteiger partial charge in [-0.25, -0.2) is 0 Å². The summed E-state index contributed by atoms with van der Waals surface area (Å²) >= 11 is 13.6. The van der Waals surface area contributed by atoms with Gasteiger partial charge in [-0.1, -0.05) is 47.5 Å². The molecule has 0 spiro atoms. The third kappa shape index (κ3) is 4.95. The summed E-state index contributed by atoms with van der Waals surface area (Å²) in [5.74, 6) is 1.03. The van der Waals surface area contributed by atoms with Crippen molar-refractivity contribution in [1.29, 1.82) is 0 Å². The van der Waals surface area contributed by atoms with Crippen molar-refractivity contribution in [2.75, 3.05) is 11.1 Å². The van der Waals surface area contributed by atoms with E-state index in [2.05, 4.69) is 5.32 Å². The molecule has 0 aromatic heterocycles. The van der Waals surface area contributed by atoms with E-state index in [1.807, 2.05) is 43.3 Å². The number of aryl methyl sites for hydroxylation is 1. The number of rotatable bonds is 5. The van der Waals surface area contributed by atoms with E-state index in [9.17, 15) is 4.79 Å². The van der Waals surface area contributed by atoms with Gasteiger partial charge in [0.25, 0.3) is 0 Å². The zero-order chi connectivity index (χ0) is 15.2. The maximum Gasteiger partial charge on any atom is 0.234 e. The highest BCUT2D eigenvalue weighted by molar-refractivity contribution is 7.99. The molecule has 0 aliphatic heterocycles. The monoisotopic (exact) mass is 339 g/mol. The highest BCUT2D eigenvalue weighted by Crippen LogP contribution is 2.22. The number of benzene rings is 2. The lowest BCUT2D eigenvalue weighted by Crippen LogP contribution is -2.14. The number of nitrogens with one attached hydrogen (secondary N) is 1. The third-order valence-corrected chi connectivity index (χ3v) is 4.66. The number of carbonyl (C=O) groups excluding carboxylic acids is 1. The van der Waals surface area contributed by atoms with E-state index in [0.717, 1.165) is 16.1 Å². The molecule has 1 N–H and O–H groups in total. The summed E-state index contributed by atoms with van der Waals surface area (Å²) in [4.78, 5) is 11.9. The molecule has 1 amide bonds. The van der Waals surface area contributed by atoms with Crippen molar-refractivity contribution in [1.82, 2.24) is 0 Å². The Morgan fingerprint density at radius 1 is 1.14 bits per heavy atom. The summed E-state index contributed by atoms with van der Waals surface area (Å²) in [6, 6.07) is 13.1. The van der Waals surface area contributed by atoms with Crippen LogP contribution in [0, 0.1) is 6.92 Å². The molecule has 0 heterocycles. The normalized spacial score (nSPS) is 10.4. The van der Waals surface area contributed by atoms with Crippen molar-refractivity contribution in [3.05, 3.63) is 63.6 Å². The minimum atomic E-state index is -0.0491. The molecule has 0 saturated heterocycles. The Bertz CT molecular complexity index is 646. The van der Waals surface area contributed by atoms with Crippen molar-refractivity contribution in [3.63, 3.8) is 0 Å². The van der Waals surface area contributed by atoms with Gasteiger partial charge in [0, 0.05) is 21.5 Å². The van der Waals surface area contributed by atoms with Gasteiger partial charge in [0.1, 0.15) is 0 Å². The molecule has 0 bridgehead atoms. The summed E-state index contributed by atoms with van der Waals surface area (Å²) in [5, 5.41) is 4.22. The van der Waals surface area contributed by atoms with Crippen LogP contribution in [0.2, 0.25) is 10.0 Å². The van der Waals surface area contributed by atoms with Gasteiger partial charge in [0.15, 0.2) is 0 Å². The number of halogens is 2. The van der Waals surface area contributed by atoms with Crippen molar-refractivity contribution in [2.45, 2.75) is 12.7 Å². The fourth-order valence-corrected chi connectivity index (χ4v) is 3.03. The molecule has 2 nitrogen and oxygen atoms in total. The zero-order valence-electron chi connectivity index (χ0n) is 11.5. The van der Waals surface area contributed by atoms with E-state index in [1.165, 1.54) is 11.8 Å². The highest BCUT2D eigenvalue weighted by Gasteiger charge is 2.05. The van der Waals surface area contributed by atoms with E-state index in [1.54, 1.807) is 6.07 Å². The Labute approximate surface area is 138 Å². The molecule has 21 heavy (non-hydrogen) atoms. The molecule has 0 saturated carbocycles. The molecule has 0 aliphatic rings. The minimum absolute atomic E-state index is 0.0491. The fraction of sp³-hybridized carbons (Fsp3) is 0.188. The molecular formula is C16H15Cl2NOS. The first-order chi connectivity index (χ1) is 10.1. The molecule has 0 atom stereocenters. The van der Waals surface area contributed by atoms with Gasteiger partial charge in [-0.05, 0) is 36.2 Å². The summed E-state index contributed by atoms with van der Waals surface area (Å²) in [5.41, 5.74) is 2.74. The van der Waals surface area contributed by atoms with Gasteiger partial charge in [-0.15, -0.1) is 11.8 Å². The van der Waals surface area contributed by atoms with Crippen LogP contribution >= 0.6 is 35.0 Å². The van der Waals surface area contributed by atoms with E-state index < -0.39 is 0 Å². The van der Waals surface area contributed by atoms with Gasteiger partial charge in [-0.2, -0.15) is 0 Å². The van der Waals surface area contributed by atoms with Crippen molar-refractivity contribution in [2.24, 2.45) is 0 Å². The van der Waals surface area contributed by atoms with Crippen molar-refractivity contribution >= 4 is 46.6 Å². The highest BCUT2D eigenvalue weighted by atomic mass is 35.5. The molecule has 2 aromatic carbocycles. The molecule has 2 aromatic rings. The SMILES string of the molecule is Cc1ccc(NC(=O)CSCc2ccccc2Cl)cc1Cl. The van der Waals surface area contributed by atoms with E-state index in [0.29, 0.717) is 22.2 Å². The summed E-state index contributed by atoms with van der Waals surface area (Å²) in [7, 11) is 0. The van der Waals surface area contributed by atoms with Crippen LogP contribution in [0.5, 0.6) is 0 Å². The molecular weight excluding hydrogens is 325 g/mol. The zero-order valence-corrected chi connectivity index (χ0v) is 13.9. The Balaban J connectivity index is 1.82. The summed E-state index contributed by atoms with van der Waals surface area (Å²) < 4.78 is 0. The number of hydrogen-bond acceptors (Lipinski definition) is 2. The lowest BCUT2D eigenvalue weighted by atomic mass is 10.2.